The number of nitrogens with one attached hydrogen (secondary N) is 2. The number of phenols is 1. The molecule has 9 heteroatoms. The molecular weight excluding hydrogens is 355 g/mol. The minimum absolute atomic E-state index is 0.0991. The smallest absolute Gasteiger partial charge is 0.208 e. The molecule has 0 unspecified atom stereocenters. The third-order valence-corrected chi connectivity index (χ3v) is 6.19. The summed E-state index contributed by atoms with van der Waals surface area (Å²) >= 11 is 1.32. The van der Waals surface area contributed by atoms with Gasteiger partial charge in [0.25, 0.3) is 0 Å². The summed E-state index contributed by atoms with van der Waals surface area (Å²) in [5.74, 6) is 0.612. The molecule has 2 atom stereocenters. The number of phenolic OH excluding ortho intramolecular Hbond substituents is 1. The first-order chi connectivity index (χ1) is 12.7. The van der Waals surface area contributed by atoms with Gasteiger partial charge >= 0.3 is 0 Å². The van der Waals surface area contributed by atoms with Gasteiger partial charge in [-0.05, 0) is 29.5 Å². The highest BCUT2D eigenvalue weighted by molar-refractivity contribution is 7.18. The van der Waals surface area contributed by atoms with Gasteiger partial charge in [0.15, 0.2) is 5.01 Å². The molecule has 1 aromatic carbocycles. The summed E-state index contributed by atoms with van der Waals surface area (Å²) in [5.41, 5.74) is 1.37. The van der Waals surface area contributed by atoms with Gasteiger partial charge in [-0.25, -0.2) is 4.39 Å². The quantitative estimate of drug-likeness (QED) is 0.652. The molecule has 0 spiro atoms. The van der Waals surface area contributed by atoms with Crippen LogP contribution < -0.4 is 10.2 Å². The zero-order valence-corrected chi connectivity index (χ0v) is 14.6. The lowest BCUT2D eigenvalue weighted by Gasteiger charge is -2.14. The van der Waals surface area contributed by atoms with Crippen LogP contribution in [0.25, 0.3) is 21.7 Å². The van der Waals surface area contributed by atoms with E-state index in [1.165, 1.54) is 23.5 Å². The van der Waals surface area contributed by atoms with Crippen molar-refractivity contribution in [3.8, 4) is 27.4 Å². The summed E-state index contributed by atoms with van der Waals surface area (Å²) < 4.78 is 14.7. The maximum atomic E-state index is 14.7. The van der Waals surface area contributed by atoms with Crippen LogP contribution in [-0.4, -0.2) is 51.7 Å². The van der Waals surface area contributed by atoms with Crippen molar-refractivity contribution in [1.82, 2.24) is 25.7 Å². The summed E-state index contributed by atoms with van der Waals surface area (Å²) in [5, 5.41) is 29.9. The fraction of sp³-hybridized carbons (Fsp3) is 0.353. The number of aromatic nitrogens is 4. The molecular formula is C17H17FN6OS. The van der Waals surface area contributed by atoms with E-state index in [0.717, 1.165) is 31.3 Å². The van der Waals surface area contributed by atoms with E-state index >= 15 is 0 Å². The Labute approximate surface area is 152 Å². The number of aromatic amines is 1. The second-order valence-electron chi connectivity index (χ2n) is 6.81. The fourth-order valence-corrected chi connectivity index (χ4v) is 4.75. The highest BCUT2D eigenvalue weighted by Crippen LogP contribution is 2.40. The van der Waals surface area contributed by atoms with Crippen LogP contribution in [-0.2, 0) is 0 Å². The first-order valence-electron chi connectivity index (χ1n) is 8.50. The van der Waals surface area contributed by atoms with E-state index in [4.69, 9.17) is 0 Å². The Kier molecular flexibility index (Phi) is 3.64. The van der Waals surface area contributed by atoms with Gasteiger partial charge in [0, 0.05) is 37.9 Å². The molecule has 2 aromatic heterocycles. The highest BCUT2D eigenvalue weighted by Gasteiger charge is 2.37. The zero-order chi connectivity index (χ0) is 17.7. The van der Waals surface area contributed by atoms with Gasteiger partial charge in [0.2, 0.25) is 5.13 Å². The molecule has 2 fully saturated rings. The Bertz CT molecular complexity index is 908. The second kappa shape index (κ2) is 6.03. The van der Waals surface area contributed by atoms with Crippen LogP contribution in [0.5, 0.6) is 5.75 Å². The highest BCUT2D eigenvalue weighted by atomic mass is 32.1. The average Bonchev–Trinajstić information content (AvgIpc) is 3.37. The van der Waals surface area contributed by atoms with Crippen LogP contribution in [0.2, 0.25) is 0 Å². The number of nitrogens with zero attached hydrogens (tertiary/aromatic N) is 4. The van der Waals surface area contributed by atoms with E-state index in [-0.39, 0.29) is 11.3 Å². The van der Waals surface area contributed by atoms with Crippen LogP contribution >= 0.6 is 11.3 Å². The minimum atomic E-state index is -0.522. The van der Waals surface area contributed by atoms with Crippen molar-refractivity contribution in [1.29, 1.82) is 0 Å². The lowest BCUT2D eigenvalue weighted by molar-refractivity contribution is 0.472. The molecule has 0 aliphatic carbocycles. The average molecular weight is 372 g/mol. The molecule has 0 radical (unpaired) electrons. The van der Waals surface area contributed by atoms with E-state index in [0.29, 0.717) is 28.0 Å². The number of aromatic hydroxyl groups is 1. The lowest BCUT2D eigenvalue weighted by Crippen LogP contribution is -2.25. The molecule has 0 bridgehead atoms. The van der Waals surface area contributed by atoms with Crippen molar-refractivity contribution in [2.24, 2.45) is 11.8 Å². The molecule has 3 N–H and O–H groups in total. The zero-order valence-electron chi connectivity index (χ0n) is 13.8. The Morgan fingerprint density at radius 1 is 1.15 bits per heavy atom. The molecule has 0 saturated carbocycles. The molecule has 2 aliphatic rings. The van der Waals surface area contributed by atoms with Gasteiger partial charge in [0.1, 0.15) is 11.6 Å². The molecule has 26 heavy (non-hydrogen) atoms. The van der Waals surface area contributed by atoms with Crippen LogP contribution in [0.4, 0.5) is 9.52 Å². The third kappa shape index (κ3) is 2.55. The molecule has 2 aliphatic heterocycles. The topological polar surface area (TPSA) is 90.0 Å². The SMILES string of the molecule is Oc1cc(-c2cn[nH]c2)cc(F)c1-c1nnc(N2C[C@H]3CNC[C@H]3C2)s1. The van der Waals surface area contributed by atoms with Crippen molar-refractivity contribution < 1.29 is 9.50 Å². The Morgan fingerprint density at radius 3 is 2.65 bits per heavy atom. The van der Waals surface area contributed by atoms with E-state index in [9.17, 15) is 9.50 Å². The number of hydrogen-bond acceptors (Lipinski definition) is 7. The van der Waals surface area contributed by atoms with E-state index in [2.05, 4.69) is 30.6 Å². The van der Waals surface area contributed by atoms with Gasteiger partial charge in [-0.3, -0.25) is 5.10 Å². The standard InChI is InChI=1S/C17H17FN6OS/c18-13-1-9(10-5-20-21-6-10)2-14(25)15(13)16-22-23-17(26-16)24-7-11-3-19-4-12(11)8-24/h1-2,5-6,11-12,19,25H,3-4,7-8H2,(H,20,21)/t11-,12+. The van der Waals surface area contributed by atoms with Crippen LogP contribution in [0, 0.1) is 17.7 Å². The summed E-state index contributed by atoms with van der Waals surface area (Å²) in [4.78, 5) is 2.21. The van der Waals surface area contributed by atoms with Gasteiger partial charge < -0.3 is 15.3 Å². The van der Waals surface area contributed by atoms with Crippen molar-refractivity contribution in [3.63, 3.8) is 0 Å². The summed E-state index contributed by atoms with van der Waals surface area (Å²) in [7, 11) is 0. The van der Waals surface area contributed by atoms with Gasteiger partial charge in [-0.15, -0.1) is 10.2 Å². The van der Waals surface area contributed by atoms with Gasteiger partial charge in [-0.1, -0.05) is 11.3 Å². The Morgan fingerprint density at radius 2 is 1.96 bits per heavy atom. The predicted octanol–water partition coefficient (Wildman–Crippen LogP) is 2.10. The molecule has 2 saturated heterocycles. The Hall–Kier alpha value is -2.52. The van der Waals surface area contributed by atoms with Gasteiger partial charge in [-0.2, -0.15) is 5.10 Å². The van der Waals surface area contributed by atoms with Gasteiger partial charge in [0.05, 0.1) is 11.8 Å². The molecule has 7 nitrogen and oxygen atoms in total. The number of H-pyrrole nitrogens is 1. The van der Waals surface area contributed by atoms with Crippen LogP contribution in [0.15, 0.2) is 24.5 Å². The summed E-state index contributed by atoms with van der Waals surface area (Å²) in [6.07, 6.45) is 3.23. The predicted molar refractivity (Wildman–Crippen MR) is 96.6 cm³/mol. The van der Waals surface area contributed by atoms with E-state index < -0.39 is 5.82 Å². The minimum Gasteiger partial charge on any atom is -0.507 e. The number of benzene rings is 1. The molecule has 134 valence electrons. The molecule has 0 amide bonds. The summed E-state index contributed by atoms with van der Waals surface area (Å²) in [6, 6.07) is 2.91. The number of fused-ring (bicyclic) bond motifs is 1. The van der Waals surface area contributed by atoms with Crippen molar-refractivity contribution >= 4 is 16.5 Å². The largest absolute Gasteiger partial charge is 0.507 e. The fourth-order valence-electron chi connectivity index (χ4n) is 3.84. The van der Waals surface area contributed by atoms with E-state index in [1.807, 2.05) is 0 Å². The second-order valence-corrected chi connectivity index (χ2v) is 7.77. The first-order valence-corrected chi connectivity index (χ1v) is 9.32. The Balaban J connectivity index is 1.45. The number of halogens is 1. The maximum absolute atomic E-state index is 14.7. The van der Waals surface area contributed by atoms with Crippen molar-refractivity contribution in [2.45, 2.75) is 0 Å². The third-order valence-electron chi connectivity index (χ3n) is 5.19. The number of hydrogen-bond donors (Lipinski definition) is 3. The van der Waals surface area contributed by atoms with E-state index in [1.54, 1.807) is 12.4 Å². The summed E-state index contributed by atoms with van der Waals surface area (Å²) in [6.45, 7) is 3.97. The number of anilines is 1. The maximum Gasteiger partial charge on any atom is 0.208 e. The molecule has 4 heterocycles. The number of rotatable bonds is 3. The normalized spacial score (nSPS) is 22.1. The lowest BCUT2D eigenvalue weighted by atomic mass is 10.0. The molecule has 3 aromatic rings. The van der Waals surface area contributed by atoms with Crippen molar-refractivity contribution in [3.05, 3.63) is 30.3 Å². The molecule has 5 rings (SSSR count). The van der Waals surface area contributed by atoms with Crippen LogP contribution in [0.1, 0.15) is 0 Å². The van der Waals surface area contributed by atoms with Crippen LogP contribution in [0.3, 0.4) is 0 Å². The van der Waals surface area contributed by atoms with Crippen molar-refractivity contribution in [2.75, 3.05) is 31.1 Å². The monoisotopic (exact) mass is 372 g/mol. The first kappa shape index (κ1) is 15.7.